The molecule has 1 saturated heterocycles. The van der Waals surface area contributed by atoms with Crippen molar-refractivity contribution in [2.24, 2.45) is 0 Å². The Balaban J connectivity index is 1.78. The van der Waals surface area contributed by atoms with Gasteiger partial charge in [0.25, 0.3) is 5.91 Å². The number of halogens is 1. The van der Waals surface area contributed by atoms with Crippen LogP contribution in [0.5, 0.6) is 11.5 Å². The smallest absolute Gasteiger partial charge is 0.251 e. The fourth-order valence-electron chi connectivity index (χ4n) is 3.59. The van der Waals surface area contributed by atoms with Gasteiger partial charge in [0, 0.05) is 35.2 Å². The standard InChI is InChI=1S/C22H26BrNO4/c1-3-28-20-13-16(7-8-19(20)26-2)21(25)24-15-22(9-11-27-12-10-22)17-5-4-6-18(23)14-17/h4-8,13-14H,3,9-12,15H2,1-2H3,(H,24,25). The number of nitrogens with one attached hydrogen (secondary N) is 1. The molecule has 2 aromatic rings. The normalized spacial score (nSPS) is 15.7. The number of ether oxygens (including phenoxy) is 3. The van der Waals surface area contributed by atoms with E-state index in [0.717, 1.165) is 17.3 Å². The molecule has 0 bridgehead atoms. The van der Waals surface area contributed by atoms with Crippen LogP contribution in [0.4, 0.5) is 0 Å². The molecule has 0 radical (unpaired) electrons. The molecule has 150 valence electrons. The predicted octanol–water partition coefficient (Wildman–Crippen LogP) is 4.33. The molecule has 1 amide bonds. The Labute approximate surface area is 174 Å². The maximum absolute atomic E-state index is 12.8. The third-order valence-electron chi connectivity index (χ3n) is 5.20. The molecular formula is C22H26BrNO4. The third kappa shape index (κ3) is 4.67. The van der Waals surface area contributed by atoms with E-state index in [9.17, 15) is 4.79 Å². The van der Waals surface area contributed by atoms with Crippen LogP contribution in [0.3, 0.4) is 0 Å². The first kappa shape index (κ1) is 20.7. The lowest BCUT2D eigenvalue weighted by Crippen LogP contribution is -2.44. The molecule has 1 fully saturated rings. The molecular weight excluding hydrogens is 422 g/mol. The first-order chi connectivity index (χ1) is 13.6. The Morgan fingerprint density at radius 3 is 2.64 bits per heavy atom. The molecule has 0 aromatic heterocycles. The van der Waals surface area contributed by atoms with E-state index in [1.165, 1.54) is 5.56 Å². The van der Waals surface area contributed by atoms with Gasteiger partial charge in [-0.3, -0.25) is 4.79 Å². The zero-order valence-corrected chi connectivity index (χ0v) is 17.9. The van der Waals surface area contributed by atoms with Crippen LogP contribution in [-0.4, -0.2) is 39.4 Å². The predicted molar refractivity (Wildman–Crippen MR) is 112 cm³/mol. The summed E-state index contributed by atoms with van der Waals surface area (Å²) in [6.45, 7) is 4.35. The lowest BCUT2D eigenvalue weighted by Gasteiger charge is -2.38. The number of rotatable bonds is 7. The molecule has 0 atom stereocenters. The Morgan fingerprint density at radius 1 is 1.18 bits per heavy atom. The molecule has 28 heavy (non-hydrogen) atoms. The first-order valence-electron chi connectivity index (χ1n) is 9.51. The van der Waals surface area contributed by atoms with E-state index in [-0.39, 0.29) is 11.3 Å². The summed E-state index contributed by atoms with van der Waals surface area (Å²) in [7, 11) is 1.59. The van der Waals surface area contributed by atoms with Gasteiger partial charge < -0.3 is 19.5 Å². The zero-order valence-electron chi connectivity index (χ0n) is 16.3. The number of methoxy groups -OCH3 is 1. The van der Waals surface area contributed by atoms with Crippen LogP contribution in [0.15, 0.2) is 46.9 Å². The minimum atomic E-state index is -0.132. The highest BCUT2D eigenvalue weighted by Crippen LogP contribution is 2.35. The van der Waals surface area contributed by atoms with Crippen LogP contribution in [0.2, 0.25) is 0 Å². The van der Waals surface area contributed by atoms with Gasteiger partial charge >= 0.3 is 0 Å². The quantitative estimate of drug-likeness (QED) is 0.685. The highest BCUT2D eigenvalue weighted by Gasteiger charge is 2.35. The highest BCUT2D eigenvalue weighted by molar-refractivity contribution is 9.10. The summed E-state index contributed by atoms with van der Waals surface area (Å²) in [6, 6.07) is 13.6. The summed E-state index contributed by atoms with van der Waals surface area (Å²) in [5, 5.41) is 3.13. The Hall–Kier alpha value is -2.05. The summed E-state index contributed by atoms with van der Waals surface area (Å²) in [5.74, 6) is 1.07. The minimum Gasteiger partial charge on any atom is -0.493 e. The molecule has 2 aromatic carbocycles. The fraction of sp³-hybridized carbons (Fsp3) is 0.409. The highest BCUT2D eigenvalue weighted by atomic mass is 79.9. The van der Waals surface area contributed by atoms with Crippen molar-refractivity contribution in [1.82, 2.24) is 5.32 Å². The molecule has 0 saturated carbocycles. The molecule has 6 heteroatoms. The van der Waals surface area contributed by atoms with Crippen LogP contribution in [0, 0.1) is 0 Å². The van der Waals surface area contributed by atoms with E-state index in [1.807, 2.05) is 19.1 Å². The van der Waals surface area contributed by atoms with E-state index in [0.29, 0.717) is 43.4 Å². The number of hydrogen-bond donors (Lipinski definition) is 1. The van der Waals surface area contributed by atoms with Crippen molar-refractivity contribution in [3.8, 4) is 11.5 Å². The Bertz CT molecular complexity index is 818. The number of hydrogen-bond acceptors (Lipinski definition) is 4. The summed E-state index contributed by atoms with van der Waals surface area (Å²) in [6.07, 6.45) is 1.74. The average molecular weight is 448 g/mol. The van der Waals surface area contributed by atoms with E-state index in [2.05, 4.69) is 33.4 Å². The Morgan fingerprint density at radius 2 is 1.96 bits per heavy atom. The maximum atomic E-state index is 12.8. The van der Waals surface area contributed by atoms with E-state index in [1.54, 1.807) is 25.3 Å². The van der Waals surface area contributed by atoms with E-state index >= 15 is 0 Å². The van der Waals surface area contributed by atoms with Crippen molar-refractivity contribution in [3.63, 3.8) is 0 Å². The van der Waals surface area contributed by atoms with Crippen LogP contribution >= 0.6 is 15.9 Å². The summed E-state index contributed by atoms with van der Waals surface area (Å²) >= 11 is 3.56. The zero-order chi connectivity index (χ0) is 20.0. The van der Waals surface area contributed by atoms with Gasteiger partial charge in [0.1, 0.15) is 0 Å². The second-order valence-electron chi connectivity index (χ2n) is 6.88. The van der Waals surface area contributed by atoms with Crippen molar-refractivity contribution in [3.05, 3.63) is 58.1 Å². The van der Waals surface area contributed by atoms with Crippen LogP contribution in [-0.2, 0) is 10.2 Å². The van der Waals surface area contributed by atoms with E-state index < -0.39 is 0 Å². The van der Waals surface area contributed by atoms with Gasteiger partial charge in [0.2, 0.25) is 0 Å². The fourth-order valence-corrected chi connectivity index (χ4v) is 3.99. The number of benzene rings is 2. The molecule has 5 nitrogen and oxygen atoms in total. The van der Waals surface area contributed by atoms with Gasteiger partial charge in [-0.05, 0) is 55.7 Å². The molecule has 1 aliphatic rings. The van der Waals surface area contributed by atoms with Gasteiger partial charge in [-0.1, -0.05) is 28.1 Å². The molecule has 1 aliphatic heterocycles. The van der Waals surface area contributed by atoms with Gasteiger partial charge in [-0.15, -0.1) is 0 Å². The van der Waals surface area contributed by atoms with Crippen molar-refractivity contribution in [2.45, 2.75) is 25.2 Å². The Kier molecular flexibility index (Phi) is 6.97. The van der Waals surface area contributed by atoms with Crippen molar-refractivity contribution in [2.75, 3.05) is 33.5 Å². The second-order valence-corrected chi connectivity index (χ2v) is 7.80. The first-order valence-corrected chi connectivity index (χ1v) is 10.3. The average Bonchev–Trinajstić information content (AvgIpc) is 2.73. The number of carbonyl (C=O) groups is 1. The van der Waals surface area contributed by atoms with Crippen LogP contribution in [0.25, 0.3) is 0 Å². The van der Waals surface area contributed by atoms with Crippen molar-refractivity contribution < 1.29 is 19.0 Å². The maximum Gasteiger partial charge on any atom is 0.251 e. The summed E-state index contributed by atoms with van der Waals surface area (Å²) in [5.41, 5.74) is 1.64. The monoisotopic (exact) mass is 447 g/mol. The third-order valence-corrected chi connectivity index (χ3v) is 5.69. The lowest BCUT2D eigenvalue weighted by molar-refractivity contribution is 0.0487. The van der Waals surface area contributed by atoms with Gasteiger partial charge in [-0.2, -0.15) is 0 Å². The molecule has 1 N–H and O–H groups in total. The molecule has 3 rings (SSSR count). The van der Waals surface area contributed by atoms with Gasteiger partial charge in [0.05, 0.1) is 13.7 Å². The second kappa shape index (κ2) is 9.43. The largest absolute Gasteiger partial charge is 0.493 e. The van der Waals surface area contributed by atoms with Gasteiger partial charge in [-0.25, -0.2) is 0 Å². The van der Waals surface area contributed by atoms with Crippen molar-refractivity contribution in [1.29, 1.82) is 0 Å². The summed E-state index contributed by atoms with van der Waals surface area (Å²) < 4.78 is 17.5. The van der Waals surface area contributed by atoms with Crippen LogP contribution in [0.1, 0.15) is 35.7 Å². The SMILES string of the molecule is CCOc1cc(C(=O)NCC2(c3cccc(Br)c3)CCOCC2)ccc1OC. The number of amides is 1. The molecule has 0 aliphatic carbocycles. The lowest BCUT2D eigenvalue weighted by atomic mass is 9.74. The minimum absolute atomic E-state index is 0.121. The molecule has 0 unspecified atom stereocenters. The number of carbonyl (C=O) groups excluding carboxylic acids is 1. The molecule has 0 spiro atoms. The molecule has 1 heterocycles. The summed E-state index contributed by atoms with van der Waals surface area (Å²) in [4.78, 5) is 12.8. The topological polar surface area (TPSA) is 56.8 Å². The van der Waals surface area contributed by atoms with Gasteiger partial charge in [0.15, 0.2) is 11.5 Å². The van der Waals surface area contributed by atoms with E-state index in [4.69, 9.17) is 14.2 Å². The van der Waals surface area contributed by atoms with Crippen LogP contribution < -0.4 is 14.8 Å². The van der Waals surface area contributed by atoms with Crippen molar-refractivity contribution >= 4 is 21.8 Å².